The molecule has 1 heterocycles. The van der Waals surface area contributed by atoms with Crippen LogP contribution in [0.4, 0.5) is 0 Å². The number of carboxylic acid groups (broad SMARTS) is 1. The van der Waals surface area contributed by atoms with Gasteiger partial charge in [0.15, 0.2) is 0 Å². The zero-order valence-electron chi connectivity index (χ0n) is 12.8. The molecule has 122 valence electrons. The molecule has 21 heavy (non-hydrogen) atoms. The zero-order chi connectivity index (χ0) is 15.7. The Labute approximate surface area is 125 Å². The standard InChI is InChI=1S/C14H26N2O5/c1-11(14(19)15-6-10-20-2)16-7-3-12(4-8-16)21-9-5-13(17)18/h11-12H,3-10H2,1-2H3,(H,15,19)(H,17,18). The van der Waals surface area contributed by atoms with Gasteiger partial charge in [-0.05, 0) is 19.8 Å². The van der Waals surface area contributed by atoms with Crippen molar-refractivity contribution in [3.05, 3.63) is 0 Å². The predicted molar refractivity (Wildman–Crippen MR) is 77.1 cm³/mol. The van der Waals surface area contributed by atoms with Crippen LogP contribution in [0.2, 0.25) is 0 Å². The van der Waals surface area contributed by atoms with Gasteiger partial charge in [-0.15, -0.1) is 0 Å². The second-order valence-electron chi connectivity index (χ2n) is 5.21. The van der Waals surface area contributed by atoms with Crippen LogP contribution in [0.5, 0.6) is 0 Å². The fourth-order valence-electron chi connectivity index (χ4n) is 2.33. The van der Waals surface area contributed by atoms with Crippen LogP contribution >= 0.6 is 0 Å². The first-order valence-electron chi connectivity index (χ1n) is 7.38. The van der Waals surface area contributed by atoms with Gasteiger partial charge >= 0.3 is 5.97 Å². The molecule has 1 unspecified atom stereocenters. The Kier molecular flexibility index (Phi) is 8.26. The molecular formula is C14H26N2O5. The molecular weight excluding hydrogens is 276 g/mol. The number of hydrogen-bond acceptors (Lipinski definition) is 5. The Morgan fingerprint density at radius 2 is 2.00 bits per heavy atom. The first-order chi connectivity index (χ1) is 10.0. The maximum Gasteiger partial charge on any atom is 0.305 e. The second-order valence-corrected chi connectivity index (χ2v) is 5.21. The maximum atomic E-state index is 11.9. The normalized spacial score (nSPS) is 18.4. The quantitative estimate of drug-likeness (QED) is 0.587. The number of nitrogens with one attached hydrogen (secondary N) is 1. The van der Waals surface area contributed by atoms with E-state index in [1.807, 2.05) is 6.92 Å². The lowest BCUT2D eigenvalue weighted by Crippen LogP contribution is -2.49. The Morgan fingerprint density at radius 1 is 1.33 bits per heavy atom. The average Bonchev–Trinajstić information content (AvgIpc) is 2.47. The Hall–Kier alpha value is -1.18. The zero-order valence-corrected chi connectivity index (χ0v) is 12.8. The summed E-state index contributed by atoms with van der Waals surface area (Å²) in [6.07, 6.45) is 1.80. The fourth-order valence-corrected chi connectivity index (χ4v) is 2.33. The summed E-state index contributed by atoms with van der Waals surface area (Å²) < 4.78 is 10.4. The first-order valence-corrected chi connectivity index (χ1v) is 7.38. The number of nitrogens with zero attached hydrogens (tertiary/aromatic N) is 1. The molecule has 1 fully saturated rings. The van der Waals surface area contributed by atoms with Crippen molar-refractivity contribution < 1.29 is 24.2 Å². The van der Waals surface area contributed by atoms with Crippen molar-refractivity contribution in [3.8, 4) is 0 Å². The van der Waals surface area contributed by atoms with Crippen molar-refractivity contribution >= 4 is 11.9 Å². The average molecular weight is 302 g/mol. The van der Waals surface area contributed by atoms with Gasteiger partial charge in [-0.3, -0.25) is 14.5 Å². The number of aliphatic carboxylic acids is 1. The molecule has 0 spiro atoms. The third kappa shape index (κ3) is 6.88. The second kappa shape index (κ2) is 9.70. The molecule has 1 aliphatic heterocycles. The number of methoxy groups -OCH3 is 1. The van der Waals surface area contributed by atoms with E-state index in [0.717, 1.165) is 25.9 Å². The molecule has 0 radical (unpaired) electrons. The molecule has 7 heteroatoms. The number of ether oxygens (including phenoxy) is 2. The van der Waals surface area contributed by atoms with Crippen LogP contribution in [0.25, 0.3) is 0 Å². The summed E-state index contributed by atoms with van der Waals surface area (Å²) in [5.74, 6) is -0.828. The minimum atomic E-state index is -0.839. The van der Waals surface area contributed by atoms with Crippen molar-refractivity contribution in [3.63, 3.8) is 0 Å². The summed E-state index contributed by atoms with van der Waals surface area (Å²) in [5, 5.41) is 11.4. The van der Waals surface area contributed by atoms with Crippen LogP contribution in [0.15, 0.2) is 0 Å². The lowest BCUT2D eigenvalue weighted by molar-refractivity contribution is -0.139. The predicted octanol–water partition coefficient (Wildman–Crippen LogP) is 0.0932. The van der Waals surface area contributed by atoms with Gasteiger partial charge in [0.2, 0.25) is 5.91 Å². The lowest BCUT2D eigenvalue weighted by atomic mass is 10.1. The van der Waals surface area contributed by atoms with Crippen molar-refractivity contribution in [1.82, 2.24) is 10.2 Å². The van der Waals surface area contributed by atoms with Crippen LogP contribution in [0.3, 0.4) is 0 Å². The first kappa shape index (κ1) is 17.9. The highest BCUT2D eigenvalue weighted by Crippen LogP contribution is 2.16. The number of hydrogen-bond donors (Lipinski definition) is 2. The maximum absolute atomic E-state index is 11.9. The molecule has 0 aromatic heterocycles. The minimum absolute atomic E-state index is 0.0114. The van der Waals surface area contributed by atoms with Crippen LogP contribution in [-0.4, -0.2) is 74.0 Å². The smallest absolute Gasteiger partial charge is 0.305 e. The topological polar surface area (TPSA) is 88.1 Å². The van der Waals surface area contributed by atoms with Crippen molar-refractivity contribution in [2.75, 3.05) is 40.0 Å². The summed E-state index contributed by atoms with van der Waals surface area (Å²) in [7, 11) is 1.60. The summed E-state index contributed by atoms with van der Waals surface area (Å²) >= 11 is 0. The third-order valence-electron chi connectivity index (χ3n) is 3.68. The summed E-state index contributed by atoms with van der Waals surface area (Å²) in [6.45, 7) is 4.76. The highest BCUT2D eigenvalue weighted by molar-refractivity contribution is 5.81. The van der Waals surface area contributed by atoms with Crippen molar-refractivity contribution in [2.24, 2.45) is 0 Å². The van der Waals surface area contributed by atoms with Gasteiger partial charge in [0.25, 0.3) is 0 Å². The van der Waals surface area contributed by atoms with E-state index in [1.165, 1.54) is 0 Å². The van der Waals surface area contributed by atoms with Gasteiger partial charge in [0, 0.05) is 26.7 Å². The number of carboxylic acids is 1. The molecule has 7 nitrogen and oxygen atoms in total. The molecule has 0 aromatic carbocycles. The number of likely N-dealkylation sites (tertiary alicyclic amines) is 1. The number of piperidine rings is 1. The number of carbonyl (C=O) groups excluding carboxylic acids is 1. The van der Waals surface area contributed by atoms with Crippen LogP contribution in [-0.2, 0) is 19.1 Å². The van der Waals surface area contributed by atoms with E-state index in [9.17, 15) is 9.59 Å². The van der Waals surface area contributed by atoms with E-state index >= 15 is 0 Å². The number of rotatable bonds is 9. The number of amides is 1. The largest absolute Gasteiger partial charge is 0.481 e. The van der Waals surface area contributed by atoms with Crippen molar-refractivity contribution in [2.45, 2.75) is 38.3 Å². The van der Waals surface area contributed by atoms with E-state index < -0.39 is 5.97 Å². The van der Waals surface area contributed by atoms with E-state index in [2.05, 4.69) is 10.2 Å². The van der Waals surface area contributed by atoms with Crippen LogP contribution in [0.1, 0.15) is 26.2 Å². The Morgan fingerprint density at radius 3 is 2.57 bits per heavy atom. The molecule has 0 aliphatic carbocycles. The van der Waals surface area contributed by atoms with Crippen LogP contribution in [0, 0.1) is 0 Å². The highest BCUT2D eigenvalue weighted by Gasteiger charge is 2.26. The molecule has 1 saturated heterocycles. The van der Waals surface area contributed by atoms with Gasteiger partial charge in [0.1, 0.15) is 0 Å². The van der Waals surface area contributed by atoms with Crippen molar-refractivity contribution in [1.29, 1.82) is 0 Å². The molecule has 1 atom stereocenters. The highest BCUT2D eigenvalue weighted by atomic mass is 16.5. The van der Waals surface area contributed by atoms with Crippen LogP contribution < -0.4 is 5.32 Å². The third-order valence-corrected chi connectivity index (χ3v) is 3.68. The lowest BCUT2D eigenvalue weighted by Gasteiger charge is -2.35. The van der Waals surface area contributed by atoms with E-state index in [1.54, 1.807) is 7.11 Å². The van der Waals surface area contributed by atoms with Gasteiger partial charge in [-0.25, -0.2) is 0 Å². The summed E-state index contributed by atoms with van der Waals surface area (Å²) in [4.78, 5) is 24.5. The molecule has 1 amide bonds. The van der Waals surface area contributed by atoms with E-state index in [-0.39, 0.29) is 31.1 Å². The molecule has 1 aliphatic rings. The van der Waals surface area contributed by atoms with E-state index in [4.69, 9.17) is 14.6 Å². The van der Waals surface area contributed by atoms with Gasteiger partial charge < -0.3 is 19.9 Å². The molecule has 1 rings (SSSR count). The van der Waals surface area contributed by atoms with Gasteiger partial charge in [0.05, 0.1) is 31.8 Å². The molecule has 0 aromatic rings. The molecule has 0 bridgehead atoms. The number of carbonyl (C=O) groups is 2. The molecule has 2 N–H and O–H groups in total. The summed E-state index contributed by atoms with van der Waals surface area (Å²) in [6, 6.07) is -0.165. The van der Waals surface area contributed by atoms with Gasteiger partial charge in [-0.1, -0.05) is 0 Å². The Bertz CT molecular complexity index is 329. The fraction of sp³-hybridized carbons (Fsp3) is 0.857. The SMILES string of the molecule is COCCNC(=O)C(C)N1CCC(OCCC(=O)O)CC1. The minimum Gasteiger partial charge on any atom is -0.481 e. The summed E-state index contributed by atoms with van der Waals surface area (Å²) in [5.41, 5.74) is 0. The Balaban J connectivity index is 2.22. The molecule has 0 saturated carbocycles. The van der Waals surface area contributed by atoms with Gasteiger partial charge in [-0.2, -0.15) is 0 Å². The van der Waals surface area contributed by atoms with E-state index in [0.29, 0.717) is 13.2 Å². The monoisotopic (exact) mass is 302 g/mol.